The number of rotatable bonds is 3. The number of nitrogens with zero attached hydrogens (tertiary/aromatic N) is 2. The van der Waals surface area contributed by atoms with E-state index in [0.717, 1.165) is 0 Å². The Labute approximate surface area is 111 Å². The molecule has 0 saturated carbocycles. The van der Waals surface area contributed by atoms with Crippen LogP contribution in [0.5, 0.6) is 5.75 Å². The van der Waals surface area contributed by atoms with E-state index in [1.165, 1.54) is 0 Å². The minimum absolute atomic E-state index is 0.00713. The first-order chi connectivity index (χ1) is 8.86. The molecule has 1 unspecified atom stereocenters. The SMILES string of the molecule is CC(Oc1cccc(Cl)c1)c1nc(C(F)(F)F)n[nH]1. The van der Waals surface area contributed by atoms with Gasteiger partial charge >= 0.3 is 6.18 Å². The fourth-order valence-corrected chi connectivity index (χ4v) is 1.56. The zero-order chi connectivity index (χ0) is 14.0. The number of hydrogen-bond acceptors (Lipinski definition) is 3. The Hall–Kier alpha value is -1.76. The van der Waals surface area contributed by atoms with Crippen molar-refractivity contribution in [2.24, 2.45) is 0 Å². The molecule has 0 fully saturated rings. The Morgan fingerprint density at radius 2 is 2.11 bits per heavy atom. The zero-order valence-corrected chi connectivity index (χ0v) is 10.5. The number of ether oxygens (including phenoxy) is 1. The average molecular weight is 292 g/mol. The van der Waals surface area contributed by atoms with Crippen molar-refractivity contribution in [3.05, 3.63) is 40.9 Å². The molecule has 0 bridgehead atoms. The molecule has 2 rings (SSSR count). The Bertz CT molecular complexity index is 570. The van der Waals surface area contributed by atoms with Gasteiger partial charge in [-0.3, -0.25) is 5.10 Å². The summed E-state index contributed by atoms with van der Waals surface area (Å²) in [5, 5.41) is 5.78. The molecular formula is C11H9ClF3N3O. The molecule has 1 heterocycles. The van der Waals surface area contributed by atoms with E-state index < -0.39 is 18.1 Å². The Morgan fingerprint density at radius 3 is 2.68 bits per heavy atom. The van der Waals surface area contributed by atoms with E-state index in [4.69, 9.17) is 16.3 Å². The van der Waals surface area contributed by atoms with E-state index in [0.29, 0.717) is 10.8 Å². The third-order valence-corrected chi connectivity index (χ3v) is 2.49. The second kappa shape index (κ2) is 5.08. The van der Waals surface area contributed by atoms with Gasteiger partial charge in [0, 0.05) is 5.02 Å². The summed E-state index contributed by atoms with van der Waals surface area (Å²) in [5.41, 5.74) is 0. The number of alkyl halides is 3. The number of aromatic nitrogens is 3. The number of aromatic amines is 1. The summed E-state index contributed by atoms with van der Waals surface area (Å²) < 4.78 is 42.4. The summed E-state index contributed by atoms with van der Waals surface area (Å²) in [5.74, 6) is -0.790. The summed E-state index contributed by atoms with van der Waals surface area (Å²) >= 11 is 5.77. The Morgan fingerprint density at radius 1 is 1.37 bits per heavy atom. The predicted octanol–water partition coefficient (Wildman–Crippen LogP) is 3.62. The minimum atomic E-state index is -4.58. The van der Waals surface area contributed by atoms with Crippen molar-refractivity contribution in [1.29, 1.82) is 0 Å². The number of benzene rings is 1. The van der Waals surface area contributed by atoms with Crippen LogP contribution in [0.2, 0.25) is 5.02 Å². The molecule has 8 heteroatoms. The first-order valence-corrected chi connectivity index (χ1v) is 5.66. The minimum Gasteiger partial charge on any atom is -0.483 e. The van der Waals surface area contributed by atoms with Crippen LogP contribution in [0.25, 0.3) is 0 Å². The number of nitrogens with one attached hydrogen (secondary N) is 1. The van der Waals surface area contributed by atoms with Crippen molar-refractivity contribution in [3.8, 4) is 5.75 Å². The molecule has 1 aromatic carbocycles. The maximum absolute atomic E-state index is 12.3. The summed E-state index contributed by atoms with van der Waals surface area (Å²) in [6.45, 7) is 1.56. The largest absolute Gasteiger partial charge is 0.483 e. The summed E-state index contributed by atoms with van der Waals surface area (Å²) in [6.07, 6.45) is -5.29. The van der Waals surface area contributed by atoms with Crippen LogP contribution in [0, 0.1) is 0 Å². The van der Waals surface area contributed by atoms with E-state index in [2.05, 4.69) is 15.2 Å². The van der Waals surface area contributed by atoms with Gasteiger partial charge in [0.15, 0.2) is 11.9 Å². The first-order valence-electron chi connectivity index (χ1n) is 5.28. The number of halogens is 4. The van der Waals surface area contributed by atoms with Crippen LogP contribution in [0.15, 0.2) is 24.3 Å². The topological polar surface area (TPSA) is 50.8 Å². The van der Waals surface area contributed by atoms with Gasteiger partial charge in [0.25, 0.3) is 5.82 Å². The summed E-state index contributed by atoms with van der Waals surface area (Å²) in [4.78, 5) is 3.35. The van der Waals surface area contributed by atoms with E-state index in [1.54, 1.807) is 31.2 Å². The average Bonchev–Trinajstić information content (AvgIpc) is 2.77. The Balaban J connectivity index is 2.12. The molecule has 0 aliphatic heterocycles. The smallest absolute Gasteiger partial charge is 0.453 e. The normalized spacial score (nSPS) is 13.3. The highest BCUT2D eigenvalue weighted by atomic mass is 35.5. The monoisotopic (exact) mass is 291 g/mol. The molecule has 19 heavy (non-hydrogen) atoms. The lowest BCUT2D eigenvalue weighted by Gasteiger charge is -2.11. The number of H-pyrrole nitrogens is 1. The molecule has 0 aliphatic rings. The predicted molar refractivity (Wildman–Crippen MR) is 61.9 cm³/mol. The maximum atomic E-state index is 12.3. The van der Waals surface area contributed by atoms with E-state index in [-0.39, 0.29) is 5.82 Å². The van der Waals surface area contributed by atoms with Crippen LogP contribution in [-0.2, 0) is 6.18 Å². The standard InChI is InChI=1S/C11H9ClF3N3O/c1-6(19-8-4-2-3-7(12)5-8)9-16-10(18-17-9)11(13,14)15/h2-6H,1H3,(H,16,17,18). The van der Waals surface area contributed by atoms with Crippen LogP contribution in [0.1, 0.15) is 24.7 Å². The summed E-state index contributed by atoms with van der Waals surface area (Å²) in [7, 11) is 0. The van der Waals surface area contributed by atoms with Gasteiger partial charge in [-0.05, 0) is 25.1 Å². The molecule has 1 N–H and O–H groups in total. The van der Waals surface area contributed by atoms with Gasteiger partial charge < -0.3 is 4.74 Å². The lowest BCUT2D eigenvalue weighted by atomic mass is 10.3. The second-order valence-corrected chi connectivity index (χ2v) is 4.20. The molecule has 0 spiro atoms. The van der Waals surface area contributed by atoms with Crippen molar-refractivity contribution in [2.75, 3.05) is 0 Å². The second-order valence-electron chi connectivity index (χ2n) is 3.76. The molecule has 1 atom stereocenters. The maximum Gasteiger partial charge on any atom is 0.453 e. The van der Waals surface area contributed by atoms with Gasteiger partial charge in [0.1, 0.15) is 5.75 Å². The first kappa shape index (κ1) is 13.7. The lowest BCUT2D eigenvalue weighted by molar-refractivity contribution is -0.144. The van der Waals surface area contributed by atoms with Crippen molar-refractivity contribution in [3.63, 3.8) is 0 Å². The molecule has 0 aliphatic carbocycles. The van der Waals surface area contributed by atoms with Gasteiger partial charge in [-0.2, -0.15) is 13.2 Å². The van der Waals surface area contributed by atoms with E-state index in [1.807, 2.05) is 0 Å². The fourth-order valence-electron chi connectivity index (χ4n) is 1.38. The Kier molecular flexibility index (Phi) is 3.66. The van der Waals surface area contributed by atoms with Crippen molar-refractivity contribution in [1.82, 2.24) is 15.2 Å². The van der Waals surface area contributed by atoms with Crippen LogP contribution >= 0.6 is 11.6 Å². The van der Waals surface area contributed by atoms with E-state index >= 15 is 0 Å². The molecule has 1 aromatic heterocycles. The van der Waals surface area contributed by atoms with Gasteiger partial charge in [-0.15, -0.1) is 5.10 Å². The highest BCUT2D eigenvalue weighted by Gasteiger charge is 2.36. The van der Waals surface area contributed by atoms with Gasteiger partial charge in [0.2, 0.25) is 0 Å². The highest BCUT2D eigenvalue weighted by molar-refractivity contribution is 6.30. The van der Waals surface area contributed by atoms with Crippen LogP contribution < -0.4 is 4.74 Å². The van der Waals surface area contributed by atoms with Gasteiger partial charge in [0.05, 0.1) is 0 Å². The molecular weight excluding hydrogens is 283 g/mol. The van der Waals surface area contributed by atoms with Gasteiger partial charge in [-0.1, -0.05) is 17.7 Å². The van der Waals surface area contributed by atoms with Crippen molar-refractivity contribution < 1.29 is 17.9 Å². The van der Waals surface area contributed by atoms with E-state index in [9.17, 15) is 13.2 Å². The summed E-state index contributed by atoms with van der Waals surface area (Å²) in [6, 6.07) is 6.53. The van der Waals surface area contributed by atoms with Crippen LogP contribution in [0.3, 0.4) is 0 Å². The zero-order valence-electron chi connectivity index (χ0n) is 9.70. The molecule has 2 aromatic rings. The lowest BCUT2D eigenvalue weighted by Crippen LogP contribution is -2.09. The molecule has 102 valence electrons. The fraction of sp³-hybridized carbons (Fsp3) is 0.273. The van der Waals surface area contributed by atoms with Gasteiger partial charge in [-0.25, -0.2) is 4.98 Å². The van der Waals surface area contributed by atoms with Crippen molar-refractivity contribution >= 4 is 11.6 Å². The molecule has 0 amide bonds. The van der Waals surface area contributed by atoms with Crippen LogP contribution in [0.4, 0.5) is 13.2 Å². The third kappa shape index (κ3) is 3.37. The van der Waals surface area contributed by atoms with Crippen molar-refractivity contribution in [2.45, 2.75) is 19.2 Å². The molecule has 4 nitrogen and oxygen atoms in total. The third-order valence-electron chi connectivity index (χ3n) is 2.25. The molecule has 0 saturated heterocycles. The highest BCUT2D eigenvalue weighted by Crippen LogP contribution is 2.27. The quantitative estimate of drug-likeness (QED) is 0.939. The van der Waals surface area contributed by atoms with Crippen LogP contribution in [-0.4, -0.2) is 15.2 Å². The molecule has 0 radical (unpaired) electrons. The number of hydrogen-bond donors (Lipinski definition) is 1.